The predicted molar refractivity (Wildman–Crippen MR) is 180 cm³/mol. The lowest BCUT2D eigenvalue weighted by molar-refractivity contribution is -0.178. The van der Waals surface area contributed by atoms with Crippen LogP contribution in [0.3, 0.4) is 0 Å². The minimum absolute atomic E-state index is 0.162. The highest BCUT2D eigenvalue weighted by Gasteiger charge is 2.64. The lowest BCUT2D eigenvalue weighted by atomic mass is 9.38. The molecule has 1 amide bonds. The van der Waals surface area contributed by atoms with Gasteiger partial charge in [-0.1, -0.05) is 6.07 Å². The van der Waals surface area contributed by atoms with Gasteiger partial charge in [-0.2, -0.15) is 0 Å². The highest BCUT2D eigenvalue weighted by atomic mass is 16.3. The number of rotatable bonds is 8. The molecule has 9 aliphatic rings. The van der Waals surface area contributed by atoms with E-state index in [4.69, 9.17) is 4.98 Å². The molecule has 2 heterocycles. The van der Waals surface area contributed by atoms with E-state index < -0.39 is 0 Å². The molecule has 1 aromatic carbocycles. The largest absolute Gasteiger partial charge is 0.395 e. The summed E-state index contributed by atoms with van der Waals surface area (Å²) in [5.41, 5.74) is 3.56. The van der Waals surface area contributed by atoms with Crippen molar-refractivity contribution in [3.8, 4) is 0 Å². The zero-order valence-electron chi connectivity index (χ0n) is 27.4. The average Bonchev–Trinajstić information content (AvgIpc) is 3.00. The van der Waals surface area contributed by atoms with Gasteiger partial charge in [0.05, 0.1) is 17.8 Å². The second kappa shape index (κ2) is 10.9. The van der Waals surface area contributed by atoms with Crippen LogP contribution < -0.4 is 15.5 Å². The maximum Gasteiger partial charge on any atom is 0.228 e. The molecule has 8 saturated carbocycles. The van der Waals surface area contributed by atoms with Crippen molar-refractivity contribution in [1.29, 1.82) is 0 Å². The van der Waals surface area contributed by atoms with Gasteiger partial charge in [0, 0.05) is 37.0 Å². The Morgan fingerprint density at radius 1 is 0.844 bits per heavy atom. The number of aliphatic hydroxyl groups excluding tert-OH is 1. The van der Waals surface area contributed by atoms with E-state index in [2.05, 4.69) is 46.7 Å². The van der Waals surface area contributed by atoms with Crippen LogP contribution in [0.1, 0.15) is 95.5 Å². The molecule has 11 rings (SSSR count). The van der Waals surface area contributed by atoms with Gasteiger partial charge in [-0.25, -0.2) is 4.98 Å². The van der Waals surface area contributed by atoms with Crippen LogP contribution in [0, 0.1) is 59.2 Å². The van der Waals surface area contributed by atoms with Gasteiger partial charge >= 0.3 is 0 Å². The molecule has 0 unspecified atom stereocenters. The molecular weight excluding hydrogens is 556 g/mol. The fourth-order valence-electron chi connectivity index (χ4n) is 13.7. The Morgan fingerprint density at radius 2 is 1.38 bits per heavy atom. The van der Waals surface area contributed by atoms with Gasteiger partial charge in [-0.15, -0.1) is 0 Å². The van der Waals surface area contributed by atoms with Crippen molar-refractivity contribution >= 4 is 28.3 Å². The van der Waals surface area contributed by atoms with E-state index in [-0.39, 0.29) is 23.4 Å². The first-order chi connectivity index (χ1) is 21.9. The van der Waals surface area contributed by atoms with Gasteiger partial charge in [-0.3, -0.25) is 4.79 Å². The molecule has 6 heteroatoms. The fourth-order valence-corrected chi connectivity index (χ4v) is 13.7. The van der Waals surface area contributed by atoms with E-state index >= 15 is 4.79 Å². The summed E-state index contributed by atoms with van der Waals surface area (Å²) in [4.78, 5) is 22.8. The number of hydrogen-bond donors (Lipinski definition) is 3. The maximum atomic E-state index is 15.2. The zero-order valence-corrected chi connectivity index (χ0v) is 27.4. The summed E-state index contributed by atoms with van der Waals surface area (Å²) >= 11 is 0. The molecule has 8 aliphatic carbocycles. The summed E-state index contributed by atoms with van der Waals surface area (Å²) in [5.74, 6) is 6.71. The second-order valence-electron chi connectivity index (χ2n) is 17.4. The standard InChI is InChI=1S/C39H54N4O2/c1-24-2-4-33-32(3-5-34(41-33)43-9-6-31(7-10-43)40-8-11-44)35(24)42-37(45)36(38-18-25-12-26(19-38)14-27(13-25)20-38)39-21-28-15-29(22-39)17-30(16-28)23-39/h2-5,25-31,36,40,44H,6-23H2,1H3,(H,42,45). The number of nitrogens with one attached hydrogen (secondary N) is 2. The van der Waals surface area contributed by atoms with Crippen LogP contribution in [0.4, 0.5) is 11.5 Å². The Hall–Kier alpha value is -2.18. The van der Waals surface area contributed by atoms with Crippen LogP contribution in [-0.4, -0.2) is 48.3 Å². The number of fused-ring (bicyclic) bond motifs is 1. The molecule has 2 aromatic rings. The van der Waals surface area contributed by atoms with Gasteiger partial charge in [0.2, 0.25) is 5.91 Å². The minimum atomic E-state index is 0.162. The van der Waals surface area contributed by atoms with Crippen molar-refractivity contribution in [2.24, 2.45) is 52.3 Å². The Labute approximate surface area is 269 Å². The molecule has 45 heavy (non-hydrogen) atoms. The predicted octanol–water partition coefficient (Wildman–Crippen LogP) is 7.08. The van der Waals surface area contributed by atoms with E-state index in [9.17, 15) is 5.11 Å². The Balaban J connectivity index is 1.03. The number of aryl methyl sites for hydroxylation is 1. The third-order valence-corrected chi connectivity index (χ3v) is 14.3. The van der Waals surface area contributed by atoms with Crippen molar-refractivity contribution < 1.29 is 9.90 Å². The van der Waals surface area contributed by atoms with Gasteiger partial charge in [0.15, 0.2) is 0 Å². The highest BCUT2D eigenvalue weighted by molar-refractivity contribution is 6.04. The molecule has 1 aliphatic heterocycles. The monoisotopic (exact) mass is 610 g/mol. The lowest BCUT2D eigenvalue weighted by Gasteiger charge is -2.66. The number of aromatic nitrogens is 1. The smallest absolute Gasteiger partial charge is 0.228 e. The molecule has 3 N–H and O–H groups in total. The van der Waals surface area contributed by atoms with Crippen molar-refractivity contribution in [2.75, 3.05) is 36.5 Å². The van der Waals surface area contributed by atoms with Crippen LogP contribution in [0.25, 0.3) is 10.9 Å². The van der Waals surface area contributed by atoms with E-state index in [0.717, 1.165) is 89.4 Å². The van der Waals surface area contributed by atoms with E-state index in [1.165, 1.54) is 77.0 Å². The number of carbonyl (C=O) groups excluding carboxylic acids is 1. The summed E-state index contributed by atoms with van der Waals surface area (Å²) in [7, 11) is 0. The van der Waals surface area contributed by atoms with Gasteiger partial charge in [0.1, 0.15) is 5.82 Å². The summed E-state index contributed by atoms with van der Waals surface area (Å²) in [6.07, 6.45) is 18.6. The fraction of sp³-hybridized carbons (Fsp3) is 0.744. The van der Waals surface area contributed by atoms with Gasteiger partial charge < -0.3 is 20.6 Å². The van der Waals surface area contributed by atoms with Crippen molar-refractivity contribution in [1.82, 2.24) is 10.3 Å². The first-order valence-electron chi connectivity index (χ1n) is 18.7. The maximum absolute atomic E-state index is 15.2. The van der Waals surface area contributed by atoms with Crippen LogP contribution in [0.2, 0.25) is 0 Å². The Morgan fingerprint density at radius 3 is 1.89 bits per heavy atom. The van der Waals surface area contributed by atoms with Crippen LogP contribution >= 0.6 is 0 Å². The lowest BCUT2D eigenvalue weighted by Crippen LogP contribution is -2.61. The molecule has 8 bridgehead atoms. The average molecular weight is 611 g/mol. The van der Waals surface area contributed by atoms with E-state index in [1.807, 2.05) is 0 Å². The highest BCUT2D eigenvalue weighted by Crippen LogP contribution is 2.71. The Kier molecular flexibility index (Phi) is 7.05. The number of nitrogens with zero attached hydrogens (tertiary/aromatic N) is 2. The molecule has 9 fully saturated rings. The quantitative estimate of drug-likeness (QED) is 0.298. The molecule has 0 radical (unpaired) electrons. The van der Waals surface area contributed by atoms with Crippen LogP contribution in [0.15, 0.2) is 24.3 Å². The molecule has 1 saturated heterocycles. The number of aliphatic hydroxyl groups is 1. The minimum Gasteiger partial charge on any atom is -0.395 e. The number of carbonyl (C=O) groups is 1. The summed E-state index contributed by atoms with van der Waals surface area (Å²) < 4.78 is 0. The van der Waals surface area contributed by atoms with Gasteiger partial charge in [-0.05, 0) is 167 Å². The third-order valence-electron chi connectivity index (χ3n) is 14.3. The van der Waals surface area contributed by atoms with Crippen LogP contribution in [-0.2, 0) is 4.79 Å². The number of amides is 1. The van der Waals surface area contributed by atoms with E-state index in [1.54, 1.807) is 0 Å². The summed E-state index contributed by atoms with van der Waals surface area (Å²) in [6.45, 7) is 4.96. The normalized spacial score (nSPS) is 39.1. The first kappa shape index (κ1) is 29.0. The second-order valence-corrected chi connectivity index (χ2v) is 17.4. The molecule has 242 valence electrons. The van der Waals surface area contributed by atoms with Crippen LogP contribution in [0.5, 0.6) is 0 Å². The topological polar surface area (TPSA) is 77.5 Å². The van der Waals surface area contributed by atoms with Crippen molar-refractivity contribution in [2.45, 2.75) is 103 Å². The van der Waals surface area contributed by atoms with Crippen molar-refractivity contribution in [3.63, 3.8) is 0 Å². The van der Waals surface area contributed by atoms with Gasteiger partial charge in [0.25, 0.3) is 0 Å². The number of pyridine rings is 1. The molecule has 0 spiro atoms. The van der Waals surface area contributed by atoms with Crippen molar-refractivity contribution in [3.05, 3.63) is 29.8 Å². The molecule has 1 aromatic heterocycles. The zero-order chi connectivity index (χ0) is 30.3. The third kappa shape index (κ3) is 4.94. The molecular formula is C39H54N4O2. The first-order valence-corrected chi connectivity index (χ1v) is 18.7. The Bertz CT molecular complexity index is 1350. The number of benzene rings is 1. The summed E-state index contributed by atoms with van der Waals surface area (Å²) in [6, 6.07) is 9.18. The summed E-state index contributed by atoms with van der Waals surface area (Å²) in [5, 5.41) is 17.4. The molecule has 6 nitrogen and oxygen atoms in total. The number of anilines is 2. The SMILES string of the molecule is Cc1ccc2nc(N3CCC(NCCO)CC3)ccc2c1NC(=O)C(C12CC3CC(CC(C3)C1)C2)C12CC3CC(CC(C3)C1)C2. The number of piperidine rings is 1. The van der Waals surface area contributed by atoms with E-state index in [0.29, 0.717) is 18.5 Å². The molecule has 0 atom stereocenters. The number of hydrogen-bond acceptors (Lipinski definition) is 5.